The molecule has 360 valence electrons. The summed E-state index contributed by atoms with van der Waals surface area (Å²) in [5, 5.41) is 11.9. The molecule has 8 heterocycles. The van der Waals surface area contributed by atoms with Crippen molar-refractivity contribution in [2.24, 2.45) is 14.1 Å². The molecule has 0 bridgehead atoms. The Morgan fingerprint density at radius 2 is 1.65 bits per heavy atom. The summed E-state index contributed by atoms with van der Waals surface area (Å²) in [6.07, 6.45) is 6.23. The third kappa shape index (κ3) is 8.74. The Balaban J connectivity index is 0.740. The first-order valence-electron chi connectivity index (χ1n) is 24.1. The van der Waals surface area contributed by atoms with Crippen LogP contribution in [0.3, 0.4) is 0 Å². The molecule has 1 unspecified atom stereocenters. The van der Waals surface area contributed by atoms with Gasteiger partial charge in [0.05, 0.1) is 29.8 Å². The third-order valence-corrected chi connectivity index (χ3v) is 15.0. The number of alkyl halides is 2. The molecule has 3 fully saturated rings. The summed E-state index contributed by atoms with van der Waals surface area (Å²) in [6.45, 7) is 9.63. The Morgan fingerprint density at radius 1 is 0.868 bits per heavy atom. The number of halogens is 2. The number of hydrogen-bond donors (Lipinski definition) is 1. The van der Waals surface area contributed by atoms with E-state index in [2.05, 4.69) is 29.8 Å². The summed E-state index contributed by atoms with van der Waals surface area (Å²) < 4.78 is 36.3. The van der Waals surface area contributed by atoms with Gasteiger partial charge in [-0.05, 0) is 86.0 Å². The number of rotatable bonds is 11. The van der Waals surface area contributed by atoms with Gasteiger partial charge in [0.25, 0.3) is 6.43 Å². The van der Waals surface area contributed by atoms with Gasteiger partial charge in [0.2, 0.25) is 23.6 Å². The molecule has 5 aliphatic rings. The fourth-order valence-electron chi connectivity index (χ4n) is 11.2. The maximum Gasteiger partial charge on any atom is 0.329 e. The van der Waals surface area contributed by atoms with E-state index in [4.69, 9.17) is 5.10 Å². The highest BCUT2D eigenvalue weighted by atomic mass is 19.3. The monoisotopic (exact) mass is 934 g/mol. The van der Waals surface area contributed by atoms with Crippen LogP contribution in [0.15, 0.2) is 47.5 Å². The van der Waals surface area contributed by atoms with Crippen molar-refractivity contribution < 1.29 is 28.0 Å². The molecule has 17 nitrogen and oxygen atoms in total. The zero-order chi connectivity index (χ0) is 47.4. The number of nitrogens with one attached hydrogen (secondary N) is 1. The van der Waals surface area contributed by atoms with Crippen molar-refractivity contribution in [3.05, 3.63) is 81.2 Å². The van der Waals surface area contributed by atoms with Crippen molar-refractivity contribution in [3.63, 3.8) is 0 Å². The number of piperazine rings is 1. The van der Waals surface area contributed by atoms with Crippen LogP contribution in [0.1, 0.15) is 98.3 Å². The van der Waals surface area contributed by atoms with E-state index in [0.29, 0.717) is 68.6 Å². The molecular weight excluding hydrogens is 875 g/mol. The number of hydrogen-bond acceptors (Lipinski definition) is 10. The summed E-state index contributed by atoms with van der Waals surface area (Å²) in [5.41, 5.74) is 7.14. The number of carbonyl (C=O) groups is 4. The predicted octanol–water partition coefficient (Wildman–Crippen LogP) is 4.60. The molecular formula is C49H60F2N12O5. The number of anilines is 2. The molecule has 4 amide bonds. The van der Waals surface area contributed by atoms with Gasteiger partial charge in [0.1, 0.15) is 6.04 Å². The van der Waals surface area contributed by atoms with Crippen LogP contribution >= 0.6 is 0 Å². The van der Waals surface area contributed by atoms with Crippen LogP contribution < -0.4 is 15.9 Å². The zero-order valence-corrected chi connectivity index (χ0v) is 39.1. The van der Waals surface area contributed by atoms with Crippen molar-refractivity contribution in [2.45, 2.75) is 96.3 Å². The van der Waals surface area contributed by atoms with Crippen LogP contribution in [-0.4, -0.2) is 131 Å². The van der Waals surface area contributed by atoms with Gasteiger partial charge in [-0.25, -0.2) is 13.6 Å². The summed E-state index contributed by atoms with van der Waals surface area (Å²) >= 11 is 0. The average molecular weight is 935 g/mol. The van der Waals surface area contributed by atoms with E-state index < -0.39 is 18.4 Å². The van der Waals surface area contributed by atoms with E-state index in [1.54, 1.807) is 48.7 Å². The van der Waals surface area contributed by atoms with Crippen LogP contribution in [-0.2, 0) is 59.2 Å². The first-order chi connectivity index (χ1) is 32.8. The summed E-state index contributed by atoms with van der Waals surface area (Å²) in [7, 11) is 3.49. The minimum absolute atomic E-state index is 0.00739. The Morgan fingerprint density at radius 3 is 2.37 bits per heavy atom. The molecule has 0 aliphatic carbocycles. The molecule has 5 aromatic rings. The molecule has 19 heteroatoms. The zero-order valence-electron chi connectivity index (χ0n) is 39.1. The first kappa shape index (κ1) is 45.6. The van der Waals surface area contributed by atoms with Crippen molar-refractivity contribution in [3.8, 4) is 11.1 Å². The van der Waals surface area contributed by atoms with Crippen molar-refractivity contribution in [1.29, 1.82) is 0 Å². The van der Waals surface area contributed by atoms with Crippen LogP contribution in [0.2, 0.25) is 0 Å². The summed E-state index contributed by atoms with van der Waals surface area (Å²) in [5.74, 6) is 0.138. The van der Waals surface area contributed by atoms with Gasteiger partial charge in [-0.1, -0.05) is 6.07 Å². The molecule has 3 aromatic heterocycles. The lowest BCUT2D eigenvalue weighted by Gasteiger charge is -2.35. The highest BCUT2D eigenvalue weighted by Gasteiger charge is 2.36. The molecule has 3 saturated heterocycles. The van der Waals surface area contributed by atoms with Gasteiger partial charge >= 0.3 is 5.69 Å². The second-order valence-corrected chi connectivity index (χ2v) is 19.2. The number of amides is 4. The molecule has 0 radical (unpaired) electrons. The van der Waals surface area contributed by atoms with Gasteiger partial charge in [0.15, 0.2) is 5.82 Å². The third-order valence-electron chi connectivity index (χ3n) is 15.0. The lowest BCUT2D eigenvalue weighted by Crippen LogP contribution is -2.46. The number of likely N-dealkylation sites (tertiary alicyclic amines) is 1. The number of imidazole rings is 1. The van der Waals surface area contributed by atoms with Crippen molar-refractivity contribution in [2.75, 3.05) is 63.8 Å². The SMILES string of the molecule is CC(=O)N1CCc2c(c(N3CCCc4cc(-c5cnn(C)c5)c(C(F)F)cc43)nn2C2CCN(C(=O)CCCN3CCN(Cc4ccc5c(c4)n(C)c(=O)n5C4CCC(=O)NC4=O)CC3)CC2)C1. The van der Waals surface area contributed by atoms with Gasteiger partial charge in [-0.2, -0.15) is 10.2 Å². The first-order valence-corrected chi connectivity index (χ1v) is 24.1. The molecule has 1 atom stereocenters. The Bertz CT molecular complexity index is 2830. The molecule has 0 spiro atoms. The van der Waals surface area contributed by atoms with Crippen LogP contribution in [0.4, 0.5) is 20.3 Å². The van der Waals surface area contributed by atoms with E-state index >= 15 is 0 Å². The second-order valence-electron chi connectivity index (χ2n) is 19.2. The number of aromatic nitrogens is 6. The van der Waals surface area contributed by atoms with E-state index in [0.717, 1.165) is 111 Å². The lowest BCUT2D eigenvalue weighted by atomic mass is 9.92. The lowest BCUT2D eigenvalue weighted by molar-refractivity contribution is -0.136. The number of benzene rings is 2. The number of aryl methyl sites for hydroxylation is 3. The smallest absolute Gasteiger partial charge is 0.329 e. The average Bonchev–Trinajstić information content (AvgIpc) is 4.01. The fourth-order valence-corrected chi connectivity index (χ4v) is 11.2. The number of carbonyl (C=O) groups excluding carboxylic acids is 4. The van der Waals surface area contributed by atoms with E-state index in [-0.39, 0.29) is 41.4 Å². The van der Waals surface area contributed by atoms with Gasteiger partial charge in [-0.3, -0.25) is 47.9 Å². The van der Waals surface area contributed by atoms with Crippen LogP contribution in [0.5, 0.6) is 0 Å². The van der Waals surface area contributed by atoms with Crippen LogP contribution in [0.25, 0.3) is 22.2 Å². The van der Waals surface area contributed by atoms with Gasteiger partial charge < -0.3 is 19.6 Å². The molecule has 5 aliphatic heterocycles. The van der Waals surface area contributed by atoms with Crippen molar-refractivity contribution >= 4 is 46.2 Å². The maximum atomic E-state index is 14.7. The van der Waals surface area contributed by atoms with Crippen LogP contribution in [0, 0.1) is 0 Å². The van der Waals surface area contributed by atoms with E-state index in [9.17, 15) is 32.8 Å². The van der Waals surface area contributed by atoms with E-state index in [1.165, 1.54) is 4.57 Å². The standard InChI is InChI=1S/C49H60F2N12O5/c1-31(64)60-19-14-39-38(30-60)47(61-16-4-6-33-25-36(34-27-52-55(2)29-34)37(46(50)51)26-42(33)61)54-63(39)35-12-17-59(18-13-35)45(66)7-5-15-57-20-22-58(23-21-57)28-32-8-9-40-43(24-32)56(3)49(68)62(40)41-10-11-44(65)53-48(41)67/h8-9,24-27,29,35,41,46H,4-7,10-23,28,30H2,1-3H3,(H,53,65,67). The topological polar surface area (TPSA) is 159 Å². The van der Waals surface area contributed by atoms with Gasteiger partial charge in [0, 0.05) is 133 Å². The normalized spacial score (nSPS) is 19.8. The quantitative estimate of drug-likeness (QED) is 0.186. The van der Waals surface area contributed by atoms with Gasteiger partial charge in [-0.15, -0.1) is 0 Å². The Labute approximate surface area is 393 Å². The van der Waals surface area contributed by atoms with E-state index in [1.807, 2.05) is 34.1 Å². The number of imide groups is 1. The fraction of sp³-hybridized carbons (Fsp3) is 0.531. The highest BCUT2D eigenvalue weighted by molar-refractivity contribution is 6.00. The summed E-state index contributed by atoms with van der Waals surface area (Å²) in [4.78, 5) is 74.5. The number of fused-ring (bicyclic) bond motifs is 3. The molecule has 10 rings (SSSR count). The highest BCUT2D eigenvalue weighted by Crippen LogP contribution is 2.44. The minimum Gasteiger partial charge on any atom is -0.343 e. The molecule has 2 aromatic carbocycles. The Hall–Kier alpha value is -6.21. The minimum atomic E-state index is -2.68. The number of piperidine rings is 2. The maximum absolute atomic E-state index is 14.7. The predicted molar refractivity (Wildman–Crippen MR) is 250 cm³/mol. The summed E-state index contributed by atoms with van der Waals surface area (Å²) in [6, 6.07) is 8.82. The largest absolute Gasteiger partial charge is 0.343 e. The molecule has 1 N–H and O–H groups in total. The Kier molecular flexibility index (Phi) is 12.5. The number of nitrogens with zero attached hydrogens (tertiary/aromatic N) is 11. The molecule has 68 heavy (non-hydrogen) atoms. The second kappa shape index (κ2) is 18.7. The molecule has 0 saturated carbocycles. The van der Waals surface area contributed by atoms with Crippen molar-refractivity contribution in [1.82, 2.24) is 53.6 Å².